The van der Waals surface area contributed by atoms with E-state index in [0.29, 0.717) is 15.8 Å². The molecule has 4 heteroatoms. The SMILES string of the molecule is C=C(OC)c1cc(Br)c(O)cc1O.CC. The van der Waals surface area contributed by atoms with Gasteiger partial charge in [-0.2, -0.15) is 0 Å². The van der Waals surface area contributed by atoms with Gasteiger partial charge in [-0.15, -0.1) is 0 Å². The number of ether oxygens (including phenoxy) is 1. The van der Waals surface area contributed by atoms with E-state index in [4.69, 9.17) is 4.74 Å². The Bertz CT molecular complexity index is 348. The molecule has 0 saturated carbocycles. The van der Waals surface area contributed by atoms with Gasteiger partial charge in [-0.1, -0.05) is 20.4 Å². The lowest BCUT2D eigenvalue weighted by Gasteiger charge is -2.08. The lowest BCUT2D eigenvalue weighted by atomic mass is 10.1. The number of benzene rings is 1. The van der Waals surface area contributed by atoms with Crippen LogP contribution in [0.2, 0.25) is 0 Å². The molecule has 1 aromatic rings. The van der Waals surface area contributed by atoms with E-state index in [9.17, 15) is 10.2 Å². The standard InChI is InChI=1S/C9H9BrO3.C2H6/c1-5(13-2)6-3-7(10)9(12)4-8(6)11;1-2/h3-4,11-12H,1H2,2H3;1-2H3. The minimum absolute atomic E-state index is 0.0230. The first kappa shape index (κ1) is 13.8. The Hall–Kier alpha value is -1.16. The van der Waals surface area contributed by atoms with Gasteiger partial charge in [-0.25, -0.2) is 0 Å². The van der Waals surface area contributed by atoms with Crippen molar-refractivity contribution in [3.8, 4) is 11.5 Å². The molecule has 84 valence electrons. The molecule has 0 saturated heterocycles. The topological polar surface area (TPSA) is 49.7 Å². The summed E-state index contributed by atoms with van der Waals surface area (Å²) >= 11 is 3.12. The molecule has 0 atom stereocenters. The number of halogens is 1. The van der Waals surface area contributed by atoms with Gasteiger partial charge in [0.1, 0.15) is 17.3 Å². The third-order valence-electron chi connectivity index (χ3n) is 1.61. The van der Waals surface area contributed by atoms with Gasteiger partial charge < -0.3 is 14.9 Å². The highest BCUT2D eigenvalue weighted by Gasteiger charge is 2.09. The summed E-state index contributed by atoms with van der Waals surface area (Å²) in [6.45, 7) is 7.59. The normalized spacial score (nSPS) is 8.80. The molecule has 0 radical (unpaired) electrons. The monoisotopic (exact) mass is 274 g/mol. The van der Waals surface area contributed by atoms with E-state index in [0.717, 1.165) is 0 Å². The molecule has 1 aromatic carbocycles. The van der Waals surface area contributed by atoms with Gasteiger partial charge in [-0.3, -0.25) is 0 Å². The predicted molar refractivity (Wildman–Crippen MR) is 64.9 cm³/mol. The third-order valence-corrected chi connectivity index (χ3v) is 2.25. The molecule has 15 heavy (non-hydrogen) atoms. The molecular weight excluding hydrogens is 260 g/mol. The van der Waals surface area contributed by atoms with Crippen molar-refractivity contribution in [2.45, 2.75) is 13.8 Å². The minimum Gasteiger partial charge on any atom is -0.507 e. The molecule has 2 N–H and O–H groups in total. The fraction of sp³-hybridized carbons (Fsp3) is 0.273. The Kier molecular flexibility index (Phi) is 5.86. The Morgan fingerprint density at radius 1 is 1.27 bits per heavy atom. The maximum Gasteiger partial charge on any atom is 0.133 e. The van der Waals surface area contributed by atoms with Crippen LogP contribution >= 0.6 is 15.9 Å². The molecular formula is C11H15BrO3. The maximum absolute atomic E-state index is 9.40. The smallest absolute Gasteiger partial charge is 0.133 e. The summed E-state index contributed by atoms with van der Waals surface area (Å²) in [4.78, 5) is 0. The second kappa shape index (κ2) is 6.35. The van der Waals surface area contributed by atoms with E-state index >= 15 is 0 Å². The van der Waals surface area contributed by atoms with E-state index in [1.807, 2.05) is 13.8 Å². The third kappa shape index (κ3) is 3.47. The van der Waals surface area contributed by atoms with Crippen LogP contribution < -0.4 is 0 Å². The highest BCUT2D eigenvalue weighted by molar-refractivity contribution is 9.10. The Morgan fingerprint density at radius 3 is 2.27 bits per heavy atom. The number of hydrogen-bond donors (Lipinski definition) is 2. The minimum atomic E-state index is -0.0625. The summed E-state index contributed by atoms with van der Waals surface area (Å²) in [5.41, 5.74) is 0.451. The molecule has 0 aliphatic heterocycles. The first-order chi connectivity index (χ1) is 7.06. The average molecular weight is 275 g/mol. The van der Waals surface area contributed by atoms with Crippen molar-refractivity contribution in [1.82, 2.24) is 0 Å². The summed E-state index contributed by atoms with van der Waals surface area (Å²) < 4.78 is 5.34. The number of rotatable bonds is 2. The number of aromatic hydroxyl groups is 2. The van der Waals surface area contributed by atoms with Crippen LogP contribution in [-0.2, 0) is 4.74 Å². The summed E-state index contributed by atoms with van der Waals surface area (Å²) in [5, 5.41) is 18.6. The van der Waals surface area contributed by atoms with Gasteiger partial charge >= 0.3 is 0 Å². The van der Waals surface area contributed by atoms with Gasteiger partial charge in [0.25, 0.3) is 0 Å². The van der Waals surface area contributed by atoms with Crippen molar-refractivity contribution < 1.29 is 14.9 Å². The average Bonchev–Trinajstić information content (AvgIpc) is 2.25. The van der Waals surface area contributed by atoms with E-state index in [-0.39, 0.29) is 11.5 Å². The van der Waals surface area contributed by atoms with E-state index in [1.165, 1.54) is 19.2 Å². The molecule has 1 rings (SSSR count). The number of phenols is 2. The predicted octanol–water partition coefficient (Wildman–Crippen LogP) is 3.50. The van der Waals surface area contributed by atoms with Crippen molar-refractivity contribution >= 4 is 21.7 Å². The van der Waals surface area contributed by atoms with E-state index in [1.54, 1.807) is 0 Å². The first-order valence-corrected chi connectivity index (χ1v) is 5.30. The zero-order valence-electron chi connectivity index (χ0n) is 9.04. The largest absolute Gasteiger partial charge is 0.507 e. The molecule has 0 aliphatic carbocycles. The fourth-order valence-corrected chi connectivity index (χ4v) is 1.23. The number of hydrogen-bond acceptors (Lipinski definition) is 3. The van der Waals surface area contributed by atoms with Gasteiger partial charge in [0, 0.05) is 6.07 Å². The highest BCUT2D eigenvalue weighted by Crippen LogP contribution is 2.34. The van der Waals surface area contributed by atoms with Crippen LogP contribution in [-0.4, -0.2) is 17.3 Å². The first-order valence-electron chi connectivity index (χ1n) is 4.51. The molecule has 0 amide bonds. The van der Waals surface area contributed by atoms with Crippen LogP contribution in [0.15, 0.2) is 23.2 Å². The quantitative estimate of drug-likeness (QED) is 0.812. The fourth-order valence-electron chi connectivity index (χ4n) is 0.884. The molecule has 0 aromatic heterocycles. The molecule has 0 fully saturated rings. The Labute approximate surface area is 98.1 Å². The molecule has 0 spiro atoms. The van der Waals surface area contributed by atoms with E-state index < -0.39 is 0 Å². The van der Waals surface area contributed by atoms with Crippen LogP contribution in [0.1, 0.15) is 19.4 Å². The van der Waals surface area contributed by atoms with Crippen molar-refractivity contribution in [1.29, 1.82) is 0 Å². The molecule has 0 aliphatic rings. The maximum atomic E-state index is 9.40. The highest BCUT2D eigenvalue weighted by atomic mass is 79.9. The Balaban J connectivity index is 0.000000921. The summed E-state index contributed by atoms with van der Waals surface area (Å²) in [5.74, 6) is 0.260. The van der Waals surface area contributed by atoms with Crippen LogP contribution in [0.3, 0.4) is 0 Å². The van der Waals surface area contributed by atoms with Crippen molar-refractivity contribution in [2.24, 2.45) is 0 Å². The molecule has 3 nitrogen and oxygen atoms in total. The van der Waals surface area contributed by atoms with Gasteiger partial charge in [0.05, 0.1) is 17.1 Å². The summed E-state index contributed by atoms with van der Waals surface area (Å²) in [7, 11) is 1.46. The van der Waals surface area contributed by atoms with Gasteiger partial charge in [0.15, 0.2) is 0 Å². The Morgan fingerprint density at radius 2 is 1.80 bits per heavy atom. The van der Waals surface area contributed by atoms with Crippen LogP contribution in [0, 0.1) is 0 Å². The van der Waals surface area contributed by atoms with Gasteiger partial charge in [-0.05, 0) is 22.0 Å². The van der Waals surface area contributed by atoms with Crippen LogP contribution in [0.5, 0.6) is 11.5 Å². The van der Waals surface area contributed by atoms with E-state index in [2.05, 4.69) is 22.5 Å². The number of methoxy groups -OCH3 is 1. The van der Waals surface area contributed by atoms with Gasteiger partial charge in [0.2, 0.25) is 0 Å². The van der Waals surface area contributed by atoms with Crippen molar-refractivity contribution in [2.75, 3.05) is 7.11 Å². The lowest BCUT2D eigenvalue weighted by molar-refractivity contribution is 0.366. The zero-order chi connectivity index (χ0) is 12.0. The second-order valence-corrected chi connectivity index (χ2v) is 3.30. The molecule has 0 bridgehead atoms. The summed E-state index contributed by atoms with van der Waals surface area (Å²) in [6, 6.07) is 2.76. The van der Waals surface area contributed by atoms with Crippen molar-refractivity contribution in [3.63, 3.8) is 0 Å². The van der Waals surface area contributed by atoms with Crippen LogP contribution in [0.4, 0.5) is 0 Å². The number of phenolic OH excluding ortho intramolecular Hbond substituents is 2. The van der Waals surface area contributed by atoms with Crippen LogP contribution in [0.25, 0.3) is 5.76 Å². The zero-order valence-corrected chi connectivity index (χ0v) is 10.6. The molecule has 0 unspecified atom stereocenters. The summed E-state index contributed by atoms with van der Waals surface area (Å²) in [6.07, 6.45) is 0. The molecule has 0 heterocycles. The lowest BCUT2D eigenvalue weighted by Crippen LogP contribution is -1.86. The van der Waals surface area contributed by atoms with Crippen molar-refractivity contribution in [3.05, 3.63) is 28.7 Å². The second-order valence-electron chi connectivity index (χ2n) is 2.45.